The third-order valence-electron chi connectivity index (χ3n) is 4.14. The molecule has 3 aromatic rings. The second-order valence-electron chi connectivity index (χ2n) is 6.22. The molecular formula is C21H21ClFN3OS. The van der Waals surface area contributed by atoms with Crippen molar-refractivity contribution in [2.75, 3.05) is 5.73 Å². The Labute approximate surface area is 172 Å². The molecule has 1 fully saturated rings. The van der Waals surface area contributed by atoms with Gasteiger partial charge in [0.2, 0.25) is 0 Å². The van der Waals surface area contributed by atoms with Crippen molar-refractivity contribution < 1.29 is 9.18 Å². The minimum absolute atomic E-state index is 0.0386. The summed E-state index contributed by atoms with van der Waals surface area (Å²) < 4.78 is 14.1. The van der Waals surface area contributed by atoms with Gasteiger partial charge in [-0.25, -0.2) is 9.37 Å². The number of hydrogen-bond donors (Lipinski definition) is 2. The molecule has 4 nitrogen and oxygen atoms in total. The molecule has 1 aliphatic rings. The van der Waals surface area contributed by atoms with Crippen LogP contribution < -0.4 is 11.1 Å². The van der Waals surface area contributed by atoms with Crippen LogP contribution in [0.3, 0.4) is 0 Å². The minimum Gasteiger partial charge on any atom is -0.399 e. The lowest BCUT2D eigenvalue weighted by molar-refractivity contribution is 0.0947. The van der Waals surface area contributed by atoms with Crippen molar-refractivity contribution in [3.8, 4) is 21.8 Å². The Balaban J connectivity index is 0.00000109. The van der Waals surface area contributed by atoms with Crippen molar-refractivity contribution in [1.29, 1.82) is 0 Å². The summed E-state index contributed by atoms with van der Waals surface area (Å²) in [6, 6.07) is 9.89. The van der Waals surface area contributed by atoms with Gasteiger partial charge in [-0.2, -0.15) is 0 Å². The molecule has 0 unspecified atom stereocenters. The van der Waals surface area contributed by atoms with E-state index < -0.39 is 5.82 Å². The normalized spacial score (nSPS) is 12.9. The fourth-order valence-corrected chi connectivity index (χ4v) is 3.70. The lowest BCUT2D eigenvalue weighted by atomic mass is 10.1. The highest BCUT2D eigenvalue weighted by molar-refractivity contribution is 7.13. The number of nitrogens with two attached hydrogens (primary N) is 1. The molecule has 0 bridgehead atoms. The third kappa shape index (κ3) is 4.51. The number of rotatable bonds is 4. The monoisotopic (exact) mass is 417 g/mol. The Morgan fingerprint density at radius 1 is 1.25 bits per heavy atom. The molecule has 1 saturated carbocycles. The van der Waals surface area contributed by atoms with Crippen LogP contribution in [0.1, 0.15) is 37.0 Å². The van der Waals surface area contributed by atoms with Crippen molar-refractivity contribution in [2.45, 2.75) is 32.7 Å². The molecule has 7 heteroatoms. The Hall–Kier alpha value is -2.44. The van der Waals surface area contributed by atoms with Gasteiger partial charge in [0.25, 0.3) is 5.91 Å². The molecule has 1 aliphatic carbocycles. The summed E-state index contributed by atoms with van der Waals surface area (Å²) >= 11 is 7.65. The number of nitrogens with zero attached hydrogens (tertiary/aromatic N) is 1. The fraction of sp³-hybridized carbons (Fsp3) is 0.238. The van der Waals surface area contributed by atoms with Gasteiger partial charge in [0, 0.05) is 28.2 Å². The first-order chi connectivity index (χ1) is 13.5. The maximum Gasteiger partial charge on any atom is 0.254 e. The molecule has 1 aromatic heterocycles. The van der Waals surface area contributed by atoms with Gasteiger partial charge >= 0.3 is 0 Å². The number of carbonyl (C=O) groups excluding carboxylic acids is 1. The lowest BCUT2D eigenvalue weighted by Gasteiger charge is -2.06. The second-order valence-corrected chi connectivity index (χ2v) is 7.48. The number of nitrogen functional groups attached to an aromatic ring is 1. The molecule has 0 atom stereocenters. The molecule has 146 valence electrons. The van der Waals surface area contributed by atoms with Gasteiger partial charge in [0.15, 0.2) is 0 Å². The molecular weight excluding hydrogens is 397 g/mol. The number of aromatic nitrogens is 1. The first kappa shape index (κ1) is 20.3. The average Bonchev–Trinajstić information content (AvgIpc) is 3.36. The van der Waals surface area contributed by atoms with E-state index in [9.17, 15) is 9.18 Å². The van der Waals surface area contributed by atoms with Crippen LogP contribution in [-0.4, -0.2) is 16.9 Å². The Bertz CT molecular complexity index is 1000. The van der Waals surface area contributed by atoms with Crippen LogP contribution in [0.5, 0.6) is 0 Å². The number of amides is 1. The molecule has 28 heavy (non-hydrogen) atoms. The molecule has 0 saturated heterocycles. The number of nitrogens with one attached hydrogen (secondary N) is 1. The van der Waals surface area contributed by atoms with E-state index in [1.54, 1.807) is 24.3 Å². The third-order valence-corrected chi connectivity index (χ3v) is 5.35. The number of carbonyl (C=O) groups is 1. The van der Waals surface area contributed by atoms with Gasteiger partial charge in [-0.15, -0.1) is 11.3 Å². The number of halogens is 2. The predicted molar refractivity (Wildman–Crippen MR) is 114 cm³/mol. The Kier molecular flexibility index (Phi) is 6.31. The van der Waals surface area contributed by atoms with Crippen LogP contribution in [0.25, 0.3) is 21.8 Å². The van der Waals surface area contributed by atoms with Gasteiger partial charge in [0.05, 0.1) is 16.3 Å². The first-order valence-corrected chi connectivity index (χ1v) is 10.4. The first-order valence-electron chi connectivity index (χ1n) is 9.13. The minimum atomic E-state index is -0.537. The zero-order chi connectivity index (χ0) is 20.3. The highest BCUT2D eigenvalue weighted by Gasteiger charge is 2.25. The van der Waals surface area contributed by atoms with Gasteiger partial charge < -0.3 is 11.1 Å². The van der Waals surface area contributed by atoms with Crippen molar-refractivity contribution >= 4 is 34.5 Å². The highest BCUT2D eigenvalue weighted by Crippen LogP contribution is 2.34. The van der Waals surface area contributed by atoms with E-state index in [1.165, 1.54) is 17.4 Å². The molecule has 0 spiro atoms. The quantitative estimate of drug-likeness (QED) is 0.529. The van der Waals surface area contributed by atoms with Crippen LogP contribution >= 0.6 is 22.9 Å². The van der Waals surface area contributed by atoms with Crippen LogP contribution in [0, 0.1) is 5.82 Å². The van der Waals surface area contributed by atoms with E-state index in [0.29, 0.717) is 27.0 Å². The summed E-state index contributed by atoms with van der Waals surface area (Å²) in [5.74, 6) is -0.921. The van der Waals surface area contributed by atoms with E-state index in [-0.39, 0.29) is 17.5 Å². The van der Waals surface area contributed by atoms with E-state index >= 15 is 0 Å². The summed E-state index contributed by atoms with van der Waals surface area (Å²) in [5, 5.41) is 5.89. The van der Waals surface area contributed by atoms with Gasteiger partial charge in [0.1, 0.15) is 10.8 Å². The molecule has 3 N–H and O–H groups in total. The SMILES string of the molecule is CC.Nc1ccc(-c2csc(-c3ccc(F)c(C(=O)NC4CC4)c3)n2)c(Cl)c1. The average molecular weight is 418 g/mol. The molecule has 1 amide bonds. The molecule has 4 rings (SSSR count). The Morgan fingerprint density at radius 2 is 2.00 bits per heavy atom. The van der Waals surface area contributed by atoms with Gasteiger partial charge in [-0.05, 0) is 49.2 Å². The van der Waals surface area contributed by atoms with Crippen molar-refractivity contribution in [1.82, 2.24) is 10.3 Å². The van der Waals surface area contributed by atoms with E-state index in [2.05, 4.69) is 10.3 Å². The predicted octanol–water partition coefficient (Wildman–Crippen LogP) is 5.77. The number of thiazole rings is 1. The molecule has 0 radical (unpaired) electrons. The summed E-state index contributed by atoms with van der Waals surface area (Å²) in [6.45, 7) is 4.00. The zero-order valence-corrected chi connectivity index (χ0v) is 17.2. The topological polar surface area (TPSA) is 68.0 Å². The molecule has 1 heterocycles. The van der Waals surface area contributed by atoms with Crippen molar-refractivity contribution in [3.63, 3.8) is 0 Å². The number of hydrogen-bond acceptors (Lipinski definition) is 4. The van der Waals surface area contributed by atoms with E-state index in [4.69, 9.17) is 17.3 Å². The largest absolute Gasteiger partial charge is 0.399 e. The van der Waals surface area contributed by atoms with Crippen molar-refractivity contribution in [2.24, 2.45) is 0 Å². The van der Waals surface area contributed by atoms with Crippen LogP contribution in [0.15, 0.2) is 41.8 Å². The summed E-state index contributed by atoms with van der Waals surface area (Å²) in [7, 11) is 0. The van der Waals surface area contributed by atoms with E-state index in [1.807, 2.05) is 25.3 Å². The molecule has 0 aliphatic heterocycles. The van der Waals surface area contributed by atoms with Crippen LogP contribution in [0.4, 0.5) is 10.1 Å². The fourth-order valence-electron chi connectivity index (χ4n) is 2.59. The smallest absolute Gasteiger partial charge is 0.254 e. The lowest BCUT2D eigenvalue weighted by Crippen LogP contribution is -2.26. The second kappa shape index (κ2) is 8.71. The maximum absolute atomic E-state index is 14.1. The summed E-state index contributed by atoms with van der Waals surface area (Å²) in [5.41, 5.74) is 8.52. The summed E-state index contributed by atoms with van der Waals surface area (Å²) in [6.07, 6.45) is 1.90. The highest BCUT2D eigenvalue weighted by atomic mass is 35.5. The standard InChI is InChI=1S/C19H15ClFN3OS.C2H6/c20-15-8-11(22)2-5-13(15)17-9-26-19(24-17)10-1-6-16(21)14(7-10)18(25)23-12-3-4-12;1-2/h1-2,5-9,12H,3-4,22H2,(H,23,25);1-2H3. The van der Waals surface area contributed by atoms with Gasteiger partial charge in [-0.3, -0.25) is 4.79 Å². The summed E-state index contributed by atoms with van der Waals surface area (Å²) in [4.78, 5) is 16.8. The van der Waals surface area contributed by atoms with Crippen molar-refractivity contribution in [3.05, 3.63) is 58.2 Å². The molecule has 2 aromatic carbocycles. The Morgan fingerprint density at radius 3 is 2.68 bits per heavy atom. The number of anilines is 1. The maximum atomic E-state index is 14.1. The number of benzene rings is 2. The van der Waals surface area contributed by atoms with Crippen LogP contribution in [-0.2, 0) is 0 Å². The van der Waals surface area contributed by atoms with E-state index in [0.717, 1.165) is 18.4 Å². The zero-order valence-electron chi connectivity index (χ0n) is 15.6. The van der Waals surface area contributed by atoms with Gasteiger partial charge in [-0.1, -0.05) is 25.4 Å². The van der Waals surface area contributed by atoms with Crippen LogP contribution in [0.2, 0.25) is 5.02 Å².